The Balaban J connectivity index is 2.60. The van der Waals surface area contributed by atoms with Gasteiger partial charge in [0.15, 0.2) is 0 Å². The predicted molar refractivity (Wildman–Crippen MR) is 79.2 cm³/mol. The Morgan fingerprint density at radius 3 is 2.06 bits per heavy atom. The van der Waals surface area contributed by atoms with Crippen molar-refractivity contribution in [1.29, 1.82) is 0 Å². The minimum atomic E-state index is -2.13. The largest absolute Gasteiger partial charge is 0.415 e. The minimum Gasteiger partial charge on any atom is -0.415 e. The van der Waals surface area contributed by atoms with Gasteiger partial charge < -0.3 is 13.0 Å². The molecular weight excluding hydrogens is 260 g/mol. The van der Waals surface area contributed by atoms with Gasteiger partial charge in [0.1, 0.15) is 0 Å². The van der Waals surface area contributed by atoms with Crippen LogP contribution in [0.15, 0.2) is 30.3 Å². The van der Waals surface area contributed by atoms with E-state index >= 15 is 0 Å². The summed E-state index contributed by atoms with van der Waals surface area (Å²) in [7, 11) is -0.697. The molecule has 1 atom stereocenters. The van der Waals surface area contributed by atoms with Crippen molar-refractivity contribution in [2.24, 2.45) is 0 Å². The minimum absolute atomic E-state index is 0.952. The molecule has 0 N–H and O–H groups in total. The molecule has 1 aromatic rings. The summed E-state index contributed by atoms with van der Waals surface area (Å²) in [4.78, 5) is 0. The van der Waals surface area contributed by atoms with E-state index < -0.39 is 17.1 Å². The van der Waals surface area contributed by atoms with Crippen LogP contribution in [0.3, 0.4) is 0 Å². The van der Waals surface area contributed by atoms with Gasteiger partial charge >= 0.3 is 17.1 Å². The zero-order chi connectivity index (χ0) is 13.6. The molecular formula is C13H24O3Si2. The lowest BCUT2D eigenvalue weighted by Gasteiger charge is -2.33. The highest BCUT2D eigenvalue weighted by molar-refractivity contribution is 6.79. The summed E-state index contributed by atoms with van der Waals surface area (Å²) in [6.45, 7) is 6.23. The van der Waals surface area contributed by atoms with Crippen molar-refractivity contribution < 1.29 is 13.0 Å². The smallest absolute Gasteiger partial charge is 0.326 e. The summed E-state index contributed by atoms with van der Waals surface area (Å²) >= 11 is 0. The van der Waals surface area contributed by atoms with Gasteiger partial charge in [-0.25, -0.2) is 0 Å². The maximum Gasteiger partial charge on any atom is 0.326 e. The van der Waals surface area contributed by atoms with Crippen LogP contribution in [0.4, 0.5) is 0 Å². The molecule has 0 saturated heterocycles. The van der Waals surface area contributed by atoms with Gasteiger partial charge in [-0.15, -0.1) is 0 Å². The van der Waals surface area contributed by atoms with Crippen LogP contribution in [-0.4, -0.2) is 31.3 Å². The van der Waals surface area contributed by atoms with Gasteiger partial charge in [-0.2, -0.15) is 0 Å². The SMILES string of the molecule is CO[Si](C)(C)O[Si](C)(CCc1ccccc1)OC. The zero-order valence-electron chi connectivity index (χ0n) is 12.0. The second-order valence-electron chi connectivity index (χ2n) is 5.03. The highest BCUT2D eigenvalue weighted by Gasteiger charge is 2.38. The fourth-order valence-electron chi connectivity index (χ4n) is 1.77. The summed E-state index contributed by atoms with van der Waals surface area (Å²) in [5.74, 6) is 0. The molecule has 0 aliphatic heterocycles. The summed E-state index contributed by atoms with van der Waals surface area (Å²) < 4.78 is 17.3. The lowest BCUT2D eigenvalue weighted by atomic mass is 10.2. The van der Waals surface area contributed by atoms with Gasteiger partial charge in [0.2, 0.25) is 0 Å². The summed E-state index contributed by atoms with van der Waals surface area (Å²) in [5, 5.41) is 0. The molecule has 0 saturated carbocycles. The Labute approximate surface area is 113 Å². The van der Waals surface area contributed by atoms with Crippen LogP contribution in [0.2, 0.25) is 25.7 Å². The van der Waals surface area contributed by atoms with E-state index in [9.17, 15) is 0 Å². The summed E-state index contributed by atoms with van der Waals surface area (Å²) in [6.07, 6.45) is 0.992. The van der Waals surface area contributed by atoms with Crippen LogP contribution in [0.5, 0.6) is 0 Å². The molecule has 3 nitrogen and oxygen atoms in total. The van der Waals surface area contributed by atoms with Crippen molar-refractivity contribution in [1.82, 2.24) is 0 Å². The van der Waals surface area contributed by atoms with E-state index in [0.717, 1.165) is 12.5 Å². The standard InChI is InChI=1S/C13H24O3Si2/c1-14-17(3,4)16-18(5,15-2)12-11-13-9-7-6-8-10-13/h6-10H,11-12H2,1-5H3. The summed E-state index contributed by atoms with van der Waals surface area (Å²) in [5.41, 5.74) is 1.33. The molecule has 0 spiro atoms. The molecule has 1 rings (SSSR count). The first-order valence-corrected chi connectivity index (χ1v) is 11.6. The van der Waals surface area contributed by atoms with E-state index in [4.69, 9.17) is 13.0 Å². The molecule has 1 unspecified atom stereocenters. The van der Waals surface area contributed by atoms with Crippen LogP contribution < -0.4 is 0 Å². The molecule has 5 heteroatoms. The second kappa shape index (κ2) is 6.63. The lowest BCUT2D eigenvalue weighted by molar-refractivity contribution is 0.245. The van der Waals surface area contributed by atoms with Crippen molar-refractivity contribution in [3.63, 3.8) is 0 Å². The molecule has 102 valence electrons. The van der Waals surface area contributed by atoms with Gasteiger partial charge in [0, 0.05) is 14.2 Å². The van der Waals surface area contributed by atoms with Gasteiger partial charge in [0.05, 0.1) is 0 Å². The van der Waals surface area contributed by atoms with Crippen LogP contribution in [0.1, 0.15) is 5.56 Å². The lowest BCUT2D eigenvalue weighted by Crippen LogP contribution is -2.49. The molecule has 1 aromatic carbocycles. The maximum atomic E-state index is 6.18. The first-order valence-electron chi connectivity index (χ1n) is 6.25. The highest BCUT2D eigenvalue weighted by Crippen LogP contribution is 2.21. The van der Waals surface area contributed by atoms with Gasteiger partial charge in [-0.1, -0.05) is 30.3 Å². The average Bonchev–Trinajstić information content (AvgIpc) is 2.37. The third-order valence-electron chi connectivity index (χ3n) is 3.10. The van der Waals surface area contributed by atoms with Crippen molar-refractivity contribution in [3.05, 3.63) is 35.9 Å². The average molecular weight is 285 g/mol. The molecule has 18 heavy (non-hydrogen) atoms. The van der Waals surface area contributed by atoms with Crippen LogP contribution in [-0.2, 0) is 19.4 Å². The molecule has 0 bridgehead atoms. The third-order valence-corrected chi connectivity index (χ3v) is 9.79. The van der Waals surface area contributed by atoms with Gasteiger partial charge in [-0.05, 0) is 37.7 Å². The van der Waals surface area contributed by atoms with E-state index in [-0.39, 0.29) is 0 Å². The number of benzene rings is 1. The third kappa shape index (κ3) is 5.03. The molecule has 0 aliphatic rings. The zero-order valence-corrected chi connectivity index (χ0v) is 14.0. The monoisotopic (exact) mass is 284 g/mol. The molecule has 0 aliphatic carbocycles. The maximum absolute atomic E-state index is 6.18. The molecule has 0 fully saturated rings. The first kappa shape index (κ1) is 15.6. The van der Waals surface area contributed by atoms with E-state index in [1.165, 1.54) is 5.56 Å². The Bertz CT molecular complexity index is 357. The fourth-order valence-corrected chi connectivity index (χ4v) is 7.95. The van der Waals surface area contributed by atoms with Crippen LogP contribution >= 0.6 is 0 Å². The Morgan fingerprint density at radius 1 is 0.944 bits per heavy atom. The molecule has 0 aromatic heterocycles. The van der Waals surface area contributed by atoms with Crippen LogP contribution in [0, 0.1) is 0 Å². The molecule has 0 amide bonds. The second-order valence-corrected chi connectivity index (χ2v) is 12.2. The van der Waals surface area contributed by atoms with Crippen molar-refractivity contribution in [2.45, 2.75) is 32.1 Å². The van der Waals surface area contributed by atoms with Crippen molar-refractivity contribution in [2.75, 3.05) is 14.2 Å². The topological polar surface area (TPSA) is 27.7 Å². The first-order chi connectivity index (χ1) is 8.41. The van der Waals surface area contributed by atoms with Gasteiger partial charge in [-0.3, -0.25) is 0 Å². The normalized spacial score (nSPS) is 15.4. The number of hydrogen-bond donors (Lipinski definition) is 0. The van der Waals surface area contributed by atoms with Gasteiger partial charge in [0.25, 0.3) is 0 Å². The van der Waals surface area contributed by atoms with Crippen molar-refractivity contribution >= 4 is 17.1 Å². The fraction of sp³-hybridized carbons (Fsp3) is 0.538. The van der Waals surface area contributed by atoms with E-state index in [1.807, 2.05) is 6.07 Å². The van der Waals surface area contributed by atoms with Crippen LogP contribution in [0.25, 0.3) is 0 Å². The number of hydrogen-bond acceptors (Lipinski definition) is 3. The molecule has 0 radical (unpaired) electrons. The Morgan fingerprint density at radius 2 is 1.56 bits per heavy atom. The van der Waals surface area contributed by atoms with E-state index in [0.29, 0.717) is 0 Å². The predicted octanol–water partition coefficient (Wildman–Crippen LogP) is 3.31. The quantitative estimate of drug-likeness (QED) is 0.719. The molecule has 0 heterocycles. The van der Waals surface area contributed by atoms with E-state index in [1.54, 1.807) is 14.2 Å². The van der Waals surface area contributed by atoms with Crippen molar-refractivity contribution in [3.8, 4) is 0 Å². The number of rotatable bonds is 7. The van der Waals surface area contributed by atoms with E-state index in [2.05, 4.69) is 43.9 Å². The Kier molecular flexibility index (Phi) is 5.74. The Hall–Kier alpha value is -0.466. The number of aryl methyl sites for hydroxylation is 1. The highest BCUT2D eigenvalue weighted by atomic mass is 28.5. The summed E-state index contributed by atoms with van der Waals surface area (Å²) in [6, 6.07) is 11.4.